The third-order valence-corrected chi connectivity index (χ3v) is 3.74. The summed E-state index contributed by atoms with van der Waals surface area (Å²) in [6.45, 7) is 4.34. The normalized spacial score (nSPS) is 12.2. The van der Waals surface area contributed by atoms with Crippen LogP contribution in [0.25, 0.3) is 16.7 Å². The largest absolute Gasteiger partial charge is 0.217 e. The molecule has 0 unspecified atom stereocenters. The summed E-state index contributed by atoms with van der Waals surface area (Å²) in [4.78, 5) is 0. The van der Waals surface area contributed by atoms with Crippen LogP contribution in [0, 0.1) is 0 Å². The topological polar surface area (TPSA) is 30.7 Å². The SMILES string of the molecule is C/C=C(\CCCCCCCC)n1nnc2ccccc21. The second-order valence-electron chi connectivity index (χ2n) is 5.29. The quantitative estimate of drug-likeness (QED) is 0.629. The second-order valence-corrected chi connectivity index (χ2v) is 5.29. The van der Waals surface area contributed by atoms with E-state index in [2.05, 4.69) is 36.3 Å². The van der Waals surface area contributed by atoms with E-state index >= 15 is 0 Å². The van der Waals surface area contributed by atoms with Crippen molar-refractivity contribution in [1.29, 1.82) is 0 Å². The van der Waals surface area contributed by atoms with E-state index in [1.54, 1.807) is 0 Å². The van der Waals surface area contributed by atoms with Crippen molar-refractivity contribution in [3.8, 4) is 0 Å². The van der Waals surface area contributed by atoms with Crippen molar-refractivity contribution >= 4 is 16.7 Å². The van der Waals surface area contributed by atoms with E-state index < -0.39 is 0 Å². The molecule has 20 heavy (non-hydrogen) atoms. The van der Waals surface area contributed by atoms with Gasteiger partial charge in [-0.15, -0.1) is 5.10 Å². The number of para-hydroxylation sites is 1. The summed E-state index contributed by atoms with van der Waals surface area (Å²) in [6, 6.07) is 8.14. The van der Waals surface area contributed by atoms with Crippen molar-refractivity contribution in [1.82, 2.24) is 15.0 Å². The molecule has 0 radical (unpaired) electrons. The highest BCUT2D eigenvalue weighted by Gasteiger charge is 2.07. The average Bonchev–Trinajstić information content (AvgIpc) is 2.91. The third kappa shape index (κ3) is 3.69. The Balaban J connectivity index is 1.92. The molecule has 1 heterocycles. The van der Waals surface area contributed by atoms with Crippen molar-refractivity contribution in [3.05, 3.63) is 30.3 Å². The zero-order chi connectivity index (χ0) is 14.2. The zero-order valence-corrected chi connectivity index (χ0v) is 12.7. The van der Waals surface area contributed by atoms with E-state index in [4.69, 9.17) is 0 Å². The highest BCUT2D eigenvalue weighted by molar-refractivity contribution is 5.77. The Kier molecular flexibility index (Phi) is 5.78. The lowest BCUT2D eigenvalue weighted by Crippen LogP contribution is -1.99. The average molecular weight is 271 g/mol. The molecular weight excluding hydrogens is 246 g/mol. The van der Waals surface area contributed by atoms with Gasteiger partial charge in [-0.3, -0.25) is 0 Å². The predicted molar refractivity (Wildman–Crippen MR) is 85.5 cm³/mol. The monoisotopic (exact) mass is 271 g/mol. The molecule has 108 valence electrons. The number of unbranched alkanes of at least 4 members (excludes halogenated alkanes) is 5. The molecule has 0 bridgehead atoms. The maximum Gasteiger partial charge on any atom is 0.113 e. The van der Waals surface area contributed by atoms with Gasteiger partial charge in [-0.05, 0) is 31.9 Å². The van der Waals surface area contributed by atoms with Crippen LogP contribution < -0.4 is 0 Å². The lowest BCUT2D eigenvalue weighted by molar-refractivity contribution is 0.607. The van der Waals surface area contributed by atoms with Crippen molar-refractivity contribution in [3.63, 3.8) is 0 Å². The molecule has 1 aromatic heterocycles. The predicted octanol–water partition coefficient (Wildman–Crippen LogP) is 5.04. The van der Waals surface area contributed by atoms with Crippen LogP contribution in [0.3, 0.4) is 0 Å². The first-order valence-electron chi connectivity index (χ1n) is 7.82. The number of aromatic nitrogens is 3. The van der Waals surface area contributed by atoms with E-state index in [9.17, 15) is 0 Å². The number of allylic oxidation sites excluding steroid dienone is 2. The van der Waals surface area contributed by atoms with E-state index in [0.717, 1.165) is 17.5 Å². The van der Waals surface area contributed by atoms with Crippen molar-refractivity contribution in [2.75, 3.05) is 0 Å². The molecule has 1 aromatic carbocycles. The number of nitrogens with zero attached hydrogens (tertiary/aromatic N) is 3. The molecule has 2 aromatic rings. The molecule has 0 N–H and O–H groups in total. The van der Waals surface area contributed by atoms with Crippen LogP contribution in [0.15, 0.2) is 30.3 Å². The number of fused-ring (bicyclic) bond motifs is 1. The summed E-state index contributed by atoms with van der Waals surface area (Å²) >= 11 is 0. The molecule has 0 aliphatic rings. The van der Waals surface area contributed by atoms with Gasteiger partial charge >= 0.3 is 0 Å². The summed E-state index contributed by atoms with van der Waals surface area (Å²) in [5.74, 6) is 0. The van der Waals surface area contributed by atoms with Crippen molar-refractivity contribution < 1.29 is 0 Å². The van der Waals surface area contributed by atoms with Gasteiger partial charge in [0.15, 0.2) is 0 Å². The van der Waals surface area contributed by atoms with Gasteiger partial charge in [0.05, 0.1) is 5.52 Å². The maximum atomic E-state index is 4.29. The standard InChI is InChI=1S/C17H25N3/c1-3-5-6-7-8-9-12-15(4-2)20-17-14-11-10-13-16(17)18-19-20/h4,10-11,13-14H,3,5-9,12H2,1-2H3/b15-4+. The summed E-state index contributed by atoms with van der Waals surface area (Å²) in [5, 5.41) is 8.52. The molecule has 0 amide bonds. The van der Waals surface area contributed by atoms with E-state index in [1.807, 2.05) is 22.9 Å². The number of hydrogen-bond acceptors (Lipinski definition) is 2. The van der Waals surface area contributed by atoms with Crippen LogP contribution in [0.5, 0.6) is 0 Å². The molecule has 0 saturated heterocycles. The molecule has 0 spiro atoms. The smallest absolute Gasteiger partial charge is 0.113 e. The molecule has 3 heteroatoms. The molecule has 0 aliphatic heterocycles. The highest BCUT2D eigenvalue weighted by Crippen LogP contribution is 2.19. The van der Waals surface area contributed by atoms with Gasteiger partial charge in [0.1, 0.15) is 5.52 Å². The Morgan fingerprint density at radius 3 is 2.65 bits per heavy atom. The van der Waals surface area contributed by atoms with Crippen LogP contribution in [0.2, 0.25) is 0 Å². The second kappa shape index (κ2) is 7.83. The lowest BCUT2D eigenvalue weighted by atomic mass is 10.1. The van der Waals surface area contributed by atoms with Gasteiger partial charge in [0.2, 0.25) is 0 Å². The Bertz CT molecular complexity index is 554. The highest BCUT2D eigenvalue weighted by atomic mass is 15.4. The van der Waals surface area contributed by atoms with Crippen LogP contribution in [-0.2, 0) is 0 Å². The van der Waals surface area contributed by atoms with Gasteiger partial charge in [-0.2, -0.15) is 0 Å². The summed E-state index contributed by atoms with van der Waals surface area (Å²) < 4.78 is 1.99. The molecule has 0 fully saturated rings. The Hall–Kier alpha value is -1.64. The fourth-order valence-electron chi connectivity index (χ4n) is 2.54. The fraction of sp³-hybridized carbons (Fsp3) is 0.529. The lowest BCUT2D eigenvalue weighted by Gasteiger charge is -2.07. The van der Waals surface area contributed by atoms with Gasteiger partial charge < -0.3 is 0 Å². The number of benzene rings is 1. The van der Waals surface area contributed by atoms with Crippen molar-refractivity contribution in [2.24, 2.45) is 0 Å². The molecule has 3 nitrogen and oxygen atoms in total. The Morgan fingerprint density at radius 2 is 1.85 bits per heavy atom. The molecular formula is C17H25N3. The van der Waals surface area contributed by atoms with Crippen LogP contribution in [0.4, 0.5) is 0 Å². The summed E-state index contributed by atoms with van der Waals surface area (Å²) in [6.07, 6.45) is 11.2. The van der Waals surface area contributed by atoms with Crippen LogP contribution in [0.1, 0.15) is 58.8 Å². The first-order valence-corrected chi connectivity index (χ1v) is 7.82. The molecule has 0 saturated carbocycles. The fourth-order valence-corrected chi connectivity index (χ4v) is 2.54. The molecule has 0 aliphatic carbocycles. The first-order chi connectivity index (χ1) is 9.86. The number of hydrogen-bond donors (Lipinski definition) is 0. The Morgan fingerprint density at radius 1 is 1.10 bits per heavy atom. The van der Waals surface area contributed by atoms with Gasteiger partial charge in [0, 0.05) is 5.70 Å². The minimum atomic E-state index is 0.967. The summed E-state index contributed by atoms with van der Waals surface area (Å²) in [5.41, 5.74) is 3.33. The van der Waals surface area contributed by atoms with Crippen LogP contribution in [-0.4, -0.2) is 15.0 Å². The van der Waals surface area contributed by atoms with E-state index in [-0.39, 0.29) is 0 Å². The zero-order valence-electron chi connectivity index (χ0n) is 12.7. The van der Waals surface area contributed by atoms with Gasteiger partial charge in [-0.25, -0.2) is 4.68 Å². The minimum Gasteiger partial charge on any atom is -0.217 e. The Labute approximate surface area is 121 Å². The van der Waals surface area contributed by atoms with Crippen molar-refractivity contribution in [2.45, 2.75) is 58.8 Å². The number of rotatable bonds is 8. The maximum absolute atomic E-state index is 4.29. The summed E-state index contributed by atoms with van der Waals surface area (Å²) in [7, 11) is 0. The third-order valence-electron chi connectivity index (χ3n) is 3.74. The first kappa shape index (κ1) is 14.8. The van der Waals surface area contributed by atoms with Gasteiger partial charge in [-0.1, -0.05) is 62.4 Å². The van der Waals surface area contributed by atoms with E-state index in [1.165, 1.54) is 44.2 Å². The van der Waals surface area contributed by atoms with E-state index in [0.29, 0.717) is 0 Å². The minimum absolute atomic E-state index is 0.967. The molecule has 2 rings (SSSR count). The van der Waals surface area contributed by atoms with Gasteiger partial charge in [0.25, 0.3) is 0 Å². The molecule has 0 atom stereocenters. The van der Waals surface area contributed by atoms with Crippen LogP contribution >= 0.6 is 0 Å².